The monoisotopic (exact) mass is 347 g/mol. The minimum atomic E-state index is -0.887. The summed E-state index contributed by atoms with van der Waals surface area (Å²) in [4.78, 5) is 3.07. The van der Waals surface area contributed by atoms with E-state index in [1.165, 1.54) is 0 Å². The van der Waals surface area contributed by atoms with Crippen LogP contribution in [-0.4, -0.2) is 26.6 Å². The molecule has 0 saturated heterocycles. The lowest BCUT2D eigenvalue weighted by Gasteiger charge is -2.14. The highest BCUT2D eigenvalue weighted by Gasteiger charge is 2.20. The Kier molecular flexibility index (Phi) is 3.69. The maximum atomic E-state index is 9.95. The van der Waals surface area contributed by atoms with Gasteiger partial charge in [-0.05, 0) is 18.2 Å². The van der Waals surface area contributed by atoms with E-state index < -0.39 is 12.2 Å². The maximum Gasteiger partial charge on any atom is 0.108 e. The van der Waals surface area contributed by atoms with Gasteiger partial charge >= 0.3 is 0 Å². The van der Waals surface area contributed by atoms with E-state index in [-0.39, 0.29) is 0 Å². The van der Waals surface area contributed by atoms with Gasteiger partial charge in [0.15, 0.2) is 0 Å². The van der Waals surface area contributed by atoms with E-state index in [9.17, 15) is 10.2 Å². The third kappa shape index (κ3) is 2.18. The van der Waals surface area contributed by atoms with Crippen LogP contribution < -0.4 is 0 Å². The number of halogens is 2. The molecule has 0 spiro atoms. The molecule has 16 heavy (non-hydrogen) atoms. The number of benzene rings is 1. The standard InChI is InChI=1S/C11H11Br2NO2/c12-4-10(15)11(16)8-5-14-9-2-1-6(13)3-7(8)9/h1-3,5,10-11,14-16H,4H2. The van der Waals surface area contributed by atoms with Crippen molar-refractivity contribution >= 4 is 42.8 Å². The molecule has 2 aromatic rings. The summed E-state index contributed by atoms with van der Waals surface area (Å²) < 4.78 is 0.946. The van der Waals surface area contributed by atoms with Crippen molar-refractivity contribution in [2.75, 3.05) is 5.33 Å². The van der Waals surface area contributed by atoms with Gasteiger partial charge in [-0.15, -0.1) is 0 Å². The van der Waals surface area contributed by atoms with Crippen molar-refractivity contribution in [2.45, 2.75) is 12.2 Å². The highest BCUT2D eigenvalue weighted by Crippen LogP contribution is 2.28. The summed E-state index contributed by atoms with van der Waals surface area (Å²) in [5, 5.41) is 20.8. The molecule has 3 N–H and O–H groups in total. The molecule has 3 nitrogen and oxygen atoms in total. The maximum absolute atomic E-state index is 9.95. The number of nitrogens with one attached hydrogen (secondary N) is 1. The largest absolute Gasteiger partial charge is 0.389 e. The van der Waals surface area contributed by atoms with Crippen LogP contribution in [0.1, 0.15) is 11.7 Å². The van der Waals surface area contributed by atoms with Crippen molar-refractivity contribution in [3.8, 4) is 0 Å². The van der Waals surface area contributed by atoms with Crippen LogP contribution in [0, 0.1) is 0 Å². The molecule has 0 saturated carbocycles. The number of H-pyrrole nitrogens is 1. The van der Waals surface area contributed by atoms with Crippen LogP contribution in [0.15, 0.2) is 28.9 Å². The highest BCUT2D eigenvalue weighted by atomic mass is 79.9. The summed E-state index contributed by atoms with van der Waals surface area (Å²) in [5.41, 5.74) is 1.65. The second-order valence-electron chi connectivity index (χ2n) is 3.60. The molecule has 2 rings (SSSR count). The Hall–Kier alpha value is -0.360. The molecule has 2 atom stereocenters. The first-order valence-corrected chi connectivity index (χ1v) is 6.73. The number of hydrogen-bond donors (Lipinski definition) is 3. The molecule has 2 unspecified atom stereocenters. The van der Waals surface area contributed by atoms with Gasteiger partial charge in [0.2, 0.25) is 0 Å². The van der Waals surface area contributed by atoms with E-state index in [4.69, 9.17) is 0 Å². The van der Waals surface area contributed by atoms with Gasteiger partial charge in [0.25, 0.3) is 0 Å². The zero-order valence-corrected chi connectivity index (χ0v) is 11.5. The normalized spacial score (nSPS) is 15.2. The summed E-state index contributed by atoms with van der Waals surface area (Å²) in [5.74, 6) is 0. The highest BCUT2D eigenvalue weighted by molar-refractivity contribution is 9.10. The van der Waals surface area contributed by atoms with Crippen LogP contribution in [-0.2, 0) is 0 Å². The Morgan fingerprint density at radius 3 is 2.75 bits per heavy atom. The minimum Gasteiger partial charge on any atom is -0.389 e. The van der Waals surface area contributed by atoms with E-state index >= 15 is 0 Å². The molecule has 1 aromatic carbocycles. The smallest absolute Gasteiger partial charge is 0.108 e. The first-order valence-electron chi connectivity index (χ1n) is 4.82. The van der Waals surface area contributed by atoms with Gasteiger partial charge in [-0.3, -0.25) is 0 Å². The van der Waals surface area contributed by atoms with E-state index in [1.807, 2.05) is 18.2 Å². The molecular formula is C11H11Br2NO2. The Balaban J connectivity index is 2.48. The first kappa shape index (κ1) is 12.1. The second kappa shape index (κ2) is 4.87. The molecule has 0 radical (unpaired) electrons. The topological polar surface area (TPSA) is 56.2 Å². The van der Waals surface area contributed by atoms with Crippen molar-refractivity contribution in [1.82, 2.24) is 4.98 Å². The molecular weight excluding hydrogens is 338 g/mol. The second-order valence-corrected chi connectivity index (χ2v) is 5.16. The fourth-order valence-electron chi connectivity index (χ4n) is 1.65. The Morgan fingerprint density at radius 1 is 1.31 bits per heavy atom. The molecule has 1 heterocycles. The van der Waals surface area contributed by atoms with Crippen molar-refractivity contribution in [1.29, 1.82) is 0 Å². The van der Waals surface area contributed by atoms with Crippen molar-refractivity contribution in [3.05, 3.63) is 34.4 Å². The lowest BCUT2D eigenvalue weighted by molar-refractivity contribution is 0.0352. The van der Waals surface area contributed by atoms with Crippen LogP contribution in [0.2, 0.25) is 0 Å². The average Bonchev–Trinajstić information content (AvgIpc) is 2.69. The molecule has 5 heteroatoms. The van der Waals surface area contributed by atoms with E-state index in [2.05, 4.69) is 36.8 Å². The summed E-state index contributed by atoms with van der Waals surface area (Å²) in [6, 6.07) is 5.78. The van der Waals surface area contributed by atoms with Crippen molar-refractivity contribution < 1.29 is 10.2 Å². The number of rotatable bonds is 3. The number of aliphatic hydroxyl groups is 2. The van der Waals surface area contributed by atoms with Gasteiger partial charge in [-0.25, -0.2) is 0 Å². The van der Waals surface area contributed by atoms with E-state index in [0.717, 1.165) is 15.4 Å². The van der Waals surface area contributed by atoms with Gasteiger partial charge in [-0.1, -0.05) is 31.9 Å². The van der Waals surface area contributed by atoms with E-state index in [0.29, 0.717) is 10.9 Å². The number of fused-ring (bicyclic) bond motifs is 1. The van der Waals surface area contributed by atoms with Gasteiger partial charge in [0.05, 0.1) is 6.10 Å². The fraction of sp³-hybridized carbons (Fsp3) is 0.273. The summed E-state index contributed by atoms with van der Waals surface area (Å²) >= 11 is 6.54. The molecule has 86 valence electrons. The quantitative estimate of drug-likeness (QED) is 0.747. The zero-order chi connectivity index (χ0) is 11.7. The van der Waals surface area contributed by atoms with Gasteiger partial charge in [0, 0.05) is 32.5 Å². The number of hydrogen-bond acceptors (Lipinski definition) is 2. The Labute approximate surface area is 110 Å². The average molecular weight is 349 g/mol. The molecule has 0 aliphatic carbocycles. The van der Waals surface area contributed by atoms with Gasteiger partial charge < -0.3 is 15.2 Å². The molecule has 0 aliphatic heterocycles. The third-order valence-electron chi connectivity index (χ3n) is 2.52. The van der Waals surface area contributed by atoms with Crippen molar-refractivity contribution in [2.24, 2.45) is 0 Å². The van der Waals surface area contributed by atoms with Crippen molar-refractivity contribution in [3.63, 3.8) is 0 Å². The number of aliphatic hydroxyl groups excluding tert-OH is 2. The number of aromatic amines is 1. The first-order chi connectivity index (χ1) is 7.63. The van der Waals surface area contributed by atoms with Gasteiger partial charge in [0.1, 0.15) is 6.10 Å². The molecule has 0 amide bonds. The number of alkyl halides is 1. The third-order valence-corrected chi connectivity index (χ3v) is 3.67. The van der Waals surface area contributed by atoms with Crippen LogP contribution in [0.5, 0.6) is 0 Å². The van der Waals surface area contributed by atoms with Crippen LogP contribution in [0.3, 0.4) is 0 Å². The molecule has 1 aromatic heterocycles. The lowest BCUT2D eigenvalue weighted by atomic mass is 10.0. The minimum absolute atomic E-state index is 0.342. The number of aromatic nitrogens is 1. The molecule has 0 aliphatic rings. The SMILES string of the molecule is OC(CBr)C(O)c1c[nH]c2ccc(Br)cc12. The summed E-state index contributed by atoms with van der Waals surface area (Å²) in [6.45, 7) is 0. The summed E-state index contributed by atoms with van der Waals surface area (Å²) in [6.07, 6.45) is 0.0357. The van der Waals surface area contributed by atoms with Crippen LogP contribution >= 0.6 is 31.9 Å². The Bertz CT molecular complexity index is 498. The fourth-order valence-corrected chi connectivity index (χ4v) is 2.37. The Morgan fingerprint density at radius 2 is 2.06 bits per heavy atom. The summed E-state index contributed by atoms with van der Waals surface area (Å²) in [7, 11) is 0. The van der Waals surface area contributed by atoms with Crippen LogP contribution in [0.4, 0.5) is 0 Å². The predicted octanol–water partition coefficient (Wildman–Crippen LogP) is 2.72. The molecule has 0 bridgehead atoms. The van der Waals surface area contributed by atoms with Gasteiger partial charge in [-0.2, -0.15) is 0 Å². The lowest BCUT2D eigenvalue weighted by Crippen LogP contribution is -2.19. The zero-order valence-electron chi connectivity index (χ0n) is 8.32. The predicted molar refractivity (Wildman–Crippen MR) is 70.8 cm³/mol. The van der Waals surface area contributed by atoms with Crippen LogP contribution in [0.25, 0.3) is 10.9 Å². The molecule has 0 fully saturated rings. The van der Waals surface area contributed by atoms with E-state index in [1.54, 1.807) is 6.20 Å².